The van der Waals surface area contributed by atoms with Crippen molar-refractivity contribution in [3.05, 3.63) is 28.2 Å². The molecular weight excluding hydrogens is 312 g/mol. The summed E-state index contributed by atoms with van der Waals surface area (Å²) in [4.78, 5) is 2.61. The van der Waals surface area contributed by atoms with Gasteiger partial charge in [0.1, 0.15) is 0 Å². The molecule has 20 heavy (non-hydrogen) atoms. The summed E-state index contributed by atoms with van der Waals surface area (Å²) in [6.07, 6.45) is 2.44. The molecule has 3 heteroatoms. The van der Waals surface area contributed by atoms with Crippen molar-refractivity contribution in [2.24, 2.45) is 5.92 Å². The van der Waals surface area contributed by atoms with Gasteiger partial charge in [0.2, 0.25) is 0 Å². The fourth-order valence-electron chi connectivity index (χ4n) is 3.16. The average Bonchev–Trinajstić information content (AvgIpc) is 2.41. The minimum Gasteiger partial charge on any atom is -0.365 e. The van der Waals surface area contributed by atoms with E-state index in [1.807, 2.05) is 0 Å². The summed E-state index contributed by atoms with van der Waals surface area (Å²) in [6.45, 7) is 11.3. The zero-order chi connectivity index (χ0) is 14.7. The SMILES string of the molecule is CCC1CNC(CC(C)C)CN1c1cccc(Br)c1C. The highest BCUT2D eigenvalue weighted by atomic mass is 79.9. The van der Waals surface area contributed by atoms with E-state index in [4.69, 9.17) is 0 Å². The van der Waals surface area contributed by atoms with E-state index in [9.17, 15) is 0 Å². The molecule has 112 valence electrons. The number of halogens is 1. The Bertz CT molecular complexity index is 445. The summed E-state index contributed by atoms with van der Waals surface area (Å²) in [5, 5.41) is 3.73. The summed E-state index contributed by atoms with van der Waals surface area (Å²) in [5.74, 6) is 0.746. The van der Waals surface area contributed by atoms with Crippen LogP contribution in [0.1, 0.15) is 39.2 Å². The lowest BCUT2D eigenvalue weighted by molar-refractivity contribution is 0.343. The Morgan fingerprint density at radius 3 is 2.80 bits per heavy atom. The Hall–Kier alpha value is -0.540. The van der Waals surface area contributed by atoms with E-state index in [1.165, 1.54) is 28.6 Å². The van der Waals surface area contributed by atoms with Crippen molar-refractivity contribution in [2.75, 3.05) is 18.0 Å². The van der Waals surface area contributed by atoms with Gasteiger partial charge in [-0.1, -0.05) is 42.8 Å². The van der Waals surface area contributed by atoms with Crippen LogP contribution in [0.25, 0.3) is 0 Å². The maximum absolute atomic E-state index is 3.73. The lowest BCUT2D eigenvalue weighted by atomic mass is 9.97. The molecule has 0 saturated carbocycles. The van der Waals surface area contributed by atoms with Gasteiger partial charge >= 0.3 is 0 Å². The number of rotatable bonds is 4. The fourth-order valence-corrected chi connectivity index (χ4v) is 3.51. The van der Waals surface area contributed by atoms with Crippen molar-refractivity contribution in [1.82, 2.24) is 5.32 Å². The minimum atomic E-state index is 0.603. The molecule has 2 atom stereocenters. The highest BCUT2D eigenvalue weighted by molar-refractivity contribution is 9.10. The summed E-state index contributed by atoms with van der Waals surface area (Å²) >= 11 is 3.67. The summed E-state index contributed by atoms with van der Waals surface area (Å²) in [6, 6.07) is 7.76. The molecule has 0 spiro atoms. The molecular formula is C17H27BrN2. The maximum Gasteiger partial charge on any atom is 0.0412 e. The van der Waals surface area contributed by atoms with Crippen molar-refractivity contribution < 1.29 is 0 Å². The first kappa shape index (κ1) is 15.8. The fraction of sp³-hybridized carbons (Fsp3) is 0.647. The second-order valence-corrected chi connectivity index (χ2v) is 7.19. The largest absolute Gasteiger partial charge is 0.365 e. The van der Waals surface area contributed by atoms with Crippen LogP contribution in [0.3, 0.4) is 0 Å². The first-order valence-corrected chi connectivity index (χ1v) is 8.57. The van der Waals surface area contributed by atoms with E-state index in [2.05, 4.69) is 72.0 Å². The van der Waals surface area contributed by atoms with Crippen LogP contribution in [-0.4, -0.2) is 25.2 Å². The number of benzene rings is 1. The van der Waals surface area contributed by atoms with Gasteiger partial charge in [-0.25, -0.2) is 0 Å². The molecule has 1 N–H and O–H groups in total. The molecule has 1 aromatic rings. The van der Waals surface area contributed by atoms with E-state index in [-0.39, 0.29) is 0 Å². The van der Waals surface area contributed by atoms with E-state index in [0.717, 1.165) is 19.0 Å². The predicted molar refractivity (Wildman–Crippen MR) is 91.5 cm³/mol. The Labute approximate surface area is 132 Å². The third kappa shape index (κ3) is 3.56. The van der Waals surface area contributed by atoms with Crippen LogP contribution in [0.15, 0.2) is 22.7 Å². The Kier molecular flexibility index (Phi) is 5.50. The summed E-state index contributed by atoms with van der Waals surface area (Å²) < 4.78 is 1.21. The molecule has 1 heterocycles. The van der Waals surface area contributed by atoms with Crippen LogP contribution in [0.5, 0.6) is 0 Å². The van der Waals surface area contributed by atoms with Crippen LogP contribution in [0.2, 0.25) is 0 Å². The highest BCUT2D eigenvalue weighted by Crippen LogP contribution is 2.30. The standard InChI is InChI=1S/C17H27BrN2/c1-5-15-10-19-14(9-12(2)3)11-20(15)17-8-6-7-16(18)13(17)4/h6-8,12,14-15,19H,5,9-11H2,1-4H3. The van der Waals surface area contributed by atoms with Crippen LogP contribution >= 0.6 is 15.9 Å². The normalized spacial score (nSPS) is 23.4. The topological polar surface area (TPSA) is 15.3 Å². The molecule has 0 aliphatic carbocycles. The number of nitrogens with zero attached hydrogens (tertiary/aromatic N) is 1. The second-order valence-electron chi connectivity index (χ2n) is 6.33. The van der Waals surface area contributed by atoms with Gasteiger partial charge in [0.25, 0.3) is 0 Å². The third-order valence-corrected chi connectivity index (χ3v) is 5.13. The average molecular weight is 339 g/mol. The number of anilines is 1. The number of nitrogens with one attached hydrogen (secondary N) is 1. The van der Waals surface area contributed by atoms with E-state index in [1.54, 1.807) is 0 Å². The van der Waals surface area contributed by atoms with Crippen LogP contribution in [0.4, 0.5) is 5.69 Å². The molecule has 0 amide bonds. The molecule has 1 saturated heterocycles. The predicted octanol–water partition coefficient (Wildman–Crippen LogP) is 4.36. The van der Waals surface area contributed by atoms with Crippen molar-refractivity contribution >= 4 is 21.6 Å². The highest BCUT2D eigenvalue weighted by Gasteiger charge is 2.28. The molecule has 2 unspecified atom stereocenters. The number of hydrogen-bond donors (Lipinski definition) is 1. The second kappa shape index (κ2) is 6.95. The van der Waals surface area contributed by atoms with Gasteiger partial charge < -0.3 is 10.2 Å². The smallest absolute Gasteiger partial charge is 0.0412 e. The minimum absolute atomic E-state index is 0.603. The van der Waals surface area contributed by atoms with Crippen LogP contribution < -0.4 is 10.2 Å². The number of hydrogen-bond acceptors (Lipinski definition) is 2. The monoisotopic (exact) mass is 338 g/mol. The van der Waals surface area contributed by atoms with Gasteiger partial charge in [-0.05, 0) is 43.4 Å². The number of piperazine rings is 1. The van der Waals surface area contributed by atoms with Gasteiger partial charge in [0, 0.05) is 35.3 Å². The molecule has 2 rings (SSSR count). The van der Waals surface area contributed by atoms with Gasteiger partial charge in [-0.15, -0.1) is 0 Å². The summed E-state index contributed by atoms with van der Waals surface area (Å²) in [5.41, 5.74) is 2.75. The first-order chi connectivity index (χ1) is 9.52. The Morgan fingerprint density at radius 1 is 1.40 bits per heavy atom. The Balaban J connectivity index is 2.22. The molecule has 1 aliphatic rings. The maximum atomic E-state index is 3.73. The van der Waals surface area contributed by atoms with Gasteiger partial charge in [-0.3, -0.25) is 0 Å². The zero-order valence-electron chi connectivity index (χ0n) is 13.1. The van der Waals surface area contributed by atoms with Crippen molar-refractivity contribution in [1.29, 1.82) is 0 Å². The summed E-state index contributed by atoms with van der Waals surface area (Å²) in [7, 11) is 0. The molecule has 0 bridgehead atoms. The zero-order valence-corrected chi connectivity index (χ0v) is 14.7. The molecule has 0 radical (unpaired) electrons. The van der Waals surface area contributed by atoms with Gasteiger partial charge in [0.05, 0.1) is 0 Å². The van der Waals surface area contributed by atoms with Crippen LogP contribution in [-0.2, 0) is 0 Å². The molecule has 1 aromatic carbocycles. The third-order valence-electron chi connectivity index (χ3n) is 4.28. The molecule has 1 fully saturated rings. The van der Waals surface area contributed by atoms with Crippen molar-refractivity contribution in [3.63, 3.8) is 0 Å². The van der Waals surface area contributed by atoms with Crippen LogP contribution in [0, 0.1) is 12.8 Å². The molecule has 1 aliphatic heterocycles. The van der Waals surface area contributed by atoms with E-state index >= 15 is 0 Å². The lowest BCUT2D eigenvalue weighted by Crippen LogP contribution is -2.57. The van der Waals surface area contributed by atoms with E-state index in [0.29, 0.717) is 12.1 Å². The lowest BCUT2D eigenvalue weighted by Gasteiger charge is -2.43. The molecule has 2 nitrogen and oxygen atoms in total. The van der Waals surface area contributed by atoms with Gasteiger partial charge in [0.15, 0.2) is 0 Å². The first-order valence-electron chi connectivity index (χ1n) is 7.78. The Morgan fingerprint density at radius 2 is 2.15 bits per heavy atom. The van der Waals surface area contributed by atoms with Crippen molar-refractivity contribution in [2.45, 2.75) is 52.6 Å². The van der Waals surface area contributed by atoms with Gasteiger partial charge in [-0.2, -0.15) is 0 Å². The van der Waals surface area contributed by atoms with E-state index < -0.39 is 0 Å². The molecule has 0 aromatic heterocycles. The quantitative estimate of drug-likeness (QED) is 0.877. The van der Waals surface area contributed by atoms with Crippen molar-refractivity contribution in [3.8, 4) is 0 Å².